The van der Waals surface area contributed by atoms with Gasteiger partial charge in [-0.1, -0.05) is 23.2 Å². The second-order valence-electron chi connectivity index (χ2n) is 6.79. The van der Waals surface area contributed by atoms with Crippen LogP contribution in [0.3, 0.4) is 0 Å². The summed E-state index contributed by atoms with van der Waals surface area (Å²) >= 11 is 11.8. The summed E-state index contributed by atoms with van der Waals surface area (Å²) in [6.45, 7) is 5.01. The predicted octanol–water partition coefficient (Wildman–Crippen LogP) is 3.34. The first-order valence-corrected chi connectivity index (χ1v) is 10.7. The van der Waals surface area contributed by atoms with Crippen LogP contribution < -0.4 is 16.0 Å². The van der Waals surface area contributed by atoms with Crippen LogP contribution >= 0.6 is 47.2 Å². The molecule has 1 heterocycles. The number of nitrogens with zero attached hydrogens (tertiary/aromatic N) is 1. The molecule has 1 saturated heterocycles. The van der Waals surface area contributed by atoms with Crippen LogP contribution in [0.15, 0.2) is 23.2 Å². The lowest BCUT2D eigenvalue weighted by Gasteiger charge is -2.21. The van der Waals surface area contributed by atoms with Gasteiger partial charge < -0.3 is 25.4 Å². The van der Waals surface area contributed by atoms with E-state index < -0.39 is 0 Å². The first kappa shape index (κ1) is 27.2. The predicted molar refractivity (Wildman–Crippen MR) is 133 cm³/mol. The normalized spacial score (nSPS) is 14.7. The highest BCUT2D eigenvalue weighted by molar-refractivity contribution is 14.0. The Morgan fingerprint density at radius 1 is 1.13 bits per heavy atom. The van der Waals surface area contributed by atoms with Crippen LogP contribution in [0.4, 0.5) is 0 Å². The molecule has 1 fully saturated rings. The highest BCUT2D eigenvalue weighted by atomic mass is 127. The van der Waals surface area contributed by atoms with E-state index in [-0.39, 0.29) is 29.9 Å². The number of guanidine groups is 1. The lowest BCUT2D eigenvalue weighted by Crippen LogP contribution is -2.42. The summed E-state index contributed by atoms with van der Waals surface area (Å²) in [6, 6.07) is 4.80. The van der Waals surface area contributed by atoms with E-state index in [1.807, 2.05) is 0 Å². The van der Waals surface area contributed by atoms with Crippen molar-refractivity contribution in [2.45, 2.75) is 19.3 Å². The van der Waals surface area contributed by atoms with E-state index in [0.29, 0.717) is 40.6 Å². The average Bonchev–Trinajstić information content (AvgIpc) is 2.74. The Morgan fingerprint density at radius 3 is 2.53 bits per heavy atom. The molecule has 30 heavy (non-hydrogen) atoms. The van der Waals surface area contributed by atoms with Gasteiger partial charge in [0.15, 0.2) is 5.96 Å². The fourth-order valence-electron chi connectivity index (χ4n) is 2.86. The first-order valence-electron chi connectivity index (χ1n) is 9.93. The van der Waals surface area contributed by atoms with Crippen LogP contribution in [0.5, 0.6) is 0 Å². The minimum Gasteiger partial charge on any atom is -0.381 e. The van der Waals surface area contributed by atoms with Crippen LogP contribution in [0.25, 0.3) is 0 Å². The van der Waals surface area contributed by atoms with Gasteiger partial charge in [0, 0.05) is 58.7 Å². The smallest absolute Gasteiger partial charge is 0.251 e. The highest BCUT2D eigenvalue weighted by Crippen LogP contribution is 2.22. The van der Waals surface area contributed by atoms with Gasteiger partial charge in [0.2, 0.25) is 0 Å². The third-order valence-corrected chi connectivity index (χ3v) is 5.30. The Hall–Kier alpha value is -0.810. The van der Waals surface area contributed by atoms with Crippen molar-refractivity contribution in [2.24, 2.45) is 10.9 Å². The minimum absolute atomic E-state index is 0. The lowest BCUT2D eigenvalue weighted by atomic mass is 10.0. The summed E-state index contributed by atoms with van der Waals surface area (Å²) in [5.74, 6) is 1.12. The summed E-state index contributed by atoms with van der Waals surface area (Å²) < 4.78 is 11.1. The van der Waals surface area contributed by atoms with Gasteiger partial charge >= 0.3 is 0 Å². The number of aliphatic imine (C=N–C) groups is 1. The van der Waals surface area contributed by atoms with Gasteiger partial charge in [0.05, 0.1) is 10.0 Å². The molecular weight excluding hydrogens is 542 g/mol. The summed E-state index contributed by atoms with van der Waals surface area (Å²) in [7, 11) is 1.71. The highest BCUT2D eigenvalue weighted by Gasteiger charge is 2.13. The number of nitrogens with one attached hydrogen (secondary N) is 3. The zero-order valence-corrected chi connectivity index (χ0v) is 21.1. The maximum Gasteiger partial charge on any atom is 0.251 e. The molecule has 0 saturated carbocycles. The Balaban J connectivity index is 0.00000450. The molecule has 1 aromatic carbocycles. The maximum absolute atomic E-state index is 12.1. The van der Waals surface area contributed by atoms with Gasteiger partial charge in [-0.15, -0.1) is 24.0 Å². The molecule has 0 atom stereocenters. The van der Waals surface area contributed by atoms with Gasteiger partial charge in [-0.3, -0.25) is 9.79 Å². The summed E-state index contributed by atoms with van der Waals surface area (Å²) in [4.78, 5) is 16.3. The van der Waals surface area contributed by atoms with E-state index in [4.69, 9.17) is 32.7 Å². The van der Waals surface area contributed by atoms with E-state index in [0.717, 1.165) is 52.2 Å². The number of rotatable bonds is 10. The molecular formula is C20H31Cl2IN4O3. The molecule has 0 aliphatic carbocycles. The van der Waals surface area contributed by atoms with Crippen molar-refractivity contribution in [1.29, 1.82) is 0 Å². The molecule has 0 aromatic heterocycles. The molecule has 0 radical (unpaired) electrons. The van der Waals surface area contributed by atoms with Crippen LogP contribution in [-0.4, -0.2) is 65.0 Å². The maximum atomic E-state index is 12.1. The molecule has 10 heteroatoms. The molecule has 1 aromatic rings. The van der Waals surface area contributed by atoms with E-state index in [2.05, 4.69) is 20.9 Å². The standard InChI is InChI=1S/C20H30Cl2N4O3.HI/c1-23-20(25-7-2-10-29-14-15-5-11-28-12-6-15)26-9-8-24-19(27)16-3-4-17(21)18(22)13-16;/h3-4,13,15H,2,5-12,14H2,1H3,(H,24,27)(H2,23,25,26);1H. The monoisotopic (exact) mass is 572 g/mol. The van der Waals surface area contributed by atoms with Gasteiger partial charge in [-0.2, -0.15) is 0 Å². The fourth-order valence-corrected chi connectivity index (χ4v) is 3.16. The Kier molecular flexibility index (Phi) is 14.4. The van der Waals surface area contributed by atoms with Crippen molar-refractivity contribution in [3.8, 4) is 0 Å². The molecule has 2 rings (SSSR count). The largest absolute Gasteiger partial charge is 0.381 e. The van der Waals surface area contributed by atoms with Crippen LogP contribution in [-0.2, 0) is 9.47 Å². The van der Waals surface area contributed by atoms with Crippen LogP contribution in [0.2, 0.25) is 10.0 Å². The molecule has 170 valence electrons. The SMILES string of the molecule is CN=C(NCCCOCC1CCOCC1)NCCNC(=O)c1ccc(Cl)c(Cl)c1.I. The number of hydrogen-bond acceptors (Lipinski definition) is 4. The van der Waals surface area contributed by atoms with Gasteiger partial charge in [-0.25, -0.2) is 0 Å². The molecule has 1 amide bonds. The number of ether oxygens (including phenoxy) is 2. The topological polar surface area (TPSA) is 84.0 Å². The van der Waals surface area contributed by atoms with Crippen molar-refractivity contribution >= 4 is 59.0 Å². The third kappa shape index (κ3) is 10.5. The second kappa shape index (κ2) is 15.9. The summed E-state index contributed by atoms with van der Waals surface area (Å²) in [5.41, 5.74) is 0.475. The number of benzene rings is 1. The molecule has 0 bridgehead atoms. The molecule has 7 nitrogen and oxygen atoms in total. The van der Waals surface area contributed by atoms with Gasteiger partial charge in [-0.05, 0) is 43.4 Å². The van der Waals surface area contributed by atoms with Crippen molar-refractivity contribution in [3.63, 3.8) is 0 Å². The molecule has 0 unspecified atom stereocenters. The minimum atomic E-state index is -0.199. The van der Waals surface area contributed by atoms with Gasteiger partial charge in [0.1, 0.15) is 0 Å². The van der Waals surface area contributed by atoms with Gasteiger partial charge in [0.25, 0.3) is 5.91 Å². The average molecular weight is 573 g/mol. The first-order chi connectivity index (χ1) is 14.1. The van der Waals surface area contributed by atoms with E-state index >= 15 is 0 Å². The third-order valence-electron chi connectivity index (χ3n) is 4.56. The number of carbonyl (C=O) groups is 1. The number of amides is 1. The molecule has 1 aliphatic rings. The van der Waals surface area contributed by atoms with Crippen LogP contribution in [0.1, 0.15) is 29.6 Å². The number of halogens is 3. The number of carbonyl (C=O) groups excluding carboxylic acids is 1. The van der Waals surface area contributed by atoms with E-state index in [1.165, 1.54) is 0 Å². The zero-order valence-electron chi connectivity index (χ0n) is 17.2. The fraction of sp³-hybridized carbons (Fsp3) is 0.600. The van der Waals surface area contributed by atoms with Crippen LogP contribution in [0, 0.1) is 5.92 Å². The molecule has 3 N–H and O–H groups in total. The Labute approximate surface area is 205 Å². The molecule has 1 aliphatic heterocycles. The van der Waals surface area contributed by atoms with Crippen molar-refractivity contribution in [3.05, 3.63) is 33.8 Å². The Bertz CT molecular complexity index is 673. The van der Waals surface area contributed by atoms with Crippen molar-refractivity contribution in [2.75, 3.05) is 53.1 Å². The molecule has 0 spiro atoms. The summed E-state index contributed by atoms with van der Waals surface area (Å²) in [6.07, 6.45) is 3.09. The van der Waals surface area contributed by atoms with E-state index in [9.17, 15) is 4.79 Å². The van der Waals surface area contributed by atoms with Crippen molar-refractivity contribution in [1.82, 2.24) is 16.0 Å². The lowest BCUT2D eigenvalue weighted by molar-refractivity contribution is 0.0203. The number of hydrogen-bond donors (Lipinski definition) is 3. The summed E-state index contributed by atoms with van der Waals surface area (Å²) in [5, 5.41) is 10.0. The zero-order chi connectivity index (χ0) is 20.9. The van der Waals surface area contributed by atoms with Crippen molar-refractivity contribution < 1.29 is 14.3 Å². The second-order valence-corrected chi connectivity index (χ2v) is 7.61. The van der Waals surface area contributed by atoms with E-state index in [1.54, 1.807) is 25.2 Å². The quantitative estimate of drug-likeness (QED) is 0.173. The Morgan fingerprint density at radius 2 is 1.83 bits per heavy atom.